The largest absolute Gasteiger partial charge is 0.454 e. The summed E-state index contributed by atoms with van der Waals surface area (Å²) in [5.41, 5.74) is 1.61. The van der Waals surface area contributed by atoms with E-state index in [0.717, 1.165) is 44.0 Å². The van der Waals surface area contributed by atoms with Gasteiger partial charge in [0.15, 0.2) is 11.5 Å². The molecule has 2 aliphatic heterocycles. The van der Waals surface area contributed by atoms with Gasteiger partial charge in [-0.15, -0.1) is 0 Å². The van der Waals surface area contributed by atoms with Crippen molar-refractivity contribution in [2.45, 2.75) is 45.4 Å². The monoisotopic (exact) mass is 474 g/mol. The highest BCUT2D eigenvalue weighted by Crippen LogP contribution is 2.33. The van der Waals surface area contributed by atoms with Crippen molar-refractivity contribution in [3.8, 4) is 11.5 Å². The van der Waals surface area contributed by atoms with Crippen LogP contribution in [-0.2, 0) is 11.3 Å². The molecule has 1 atom stereocenters. The van der Waals surface area contributed by atoms with Crippen LogP contribution in [0.2, 0.25) is 5.02 Å². The van der Waals surface area contributed by atoms with Crippen LogP contribution in [-0.4, -0.2) is 61.0 Å². The second-order valence-electron chi connectivity index (χ2n) is 8.63. The lowest BCUT2D eigenvalue weighted by Crippen LogP contribution is -2.47. The van der Waals surface area contributed by atoms with Gasteiger partial charge in [-0.2, -0.15) is 0 Å². The van der Waals surface area contributed by atoms with Gasteiger partial charge in [-0.3, -0.25) is 9.69 Å². The molecule has 4 rings (SSSR count). The minimum Gasteiger partial charge on any atom is -0.454 e. The molecule has 33 heavy (non-hydrogen) atoms. The first-order valence-electron chi connectivity index (χ1n) is 11.4. The molecule has 1 aromatic heterocycles. The number of hydrogen-bond donors (Lipinski definition) is 2. The van der Waals surface area contributed by atoms with E-state index in [4.69, 9.17) is 25.8 Å². The van der Waals surface area contributed by atoms with Gasteiger partial charge in [-0.25, -0.2) is 4.98 Å². The third-order valence-electron chi connectivity index (χ3n) is 5.63. The second kappa shape index (κ2) is 11.0. The third kappa shape index (κ3) is 6.50. The number of likely N-dealkylation sites (tertiary alicyclic amines) is 1. The molecule has 0 aliphatic carbocycles. The molecule has 8 nitrogen and oxygen atoms in total. The zero-order valence-corrected chi connectivity index (χ0v) is 19.9. The summed E-state index contributed by atoms with van der Waals surface area (Å²) < 4.78 is 16.4. The smallest absolute Gasteiger partial charge is 0.255 e. The number of fused-ring (bicyclic) bond motifs is 1. The summed E-state index contributed by atoms with van der Waals surface area (Å²) in [5, 5.41) is 6.79. The number of ether oxygens (including phenoxy) is 3. The lowest BCUT2D eigenvalue weighted by Gasteiger charge is -2.33. The Hall–Kier alpha value is -2.55. The van der Waals surface area contributed by atoms with Crippen LogP contribution in [0.15, 0.2) is 30.5 Å². The van der Waals surface area contributed by atoms with E-state index in [0.29, 0.717) is 29.6 Å². The molecule has 1 fully saturated rings. The lowest BCUT2D eigenvalue weighted by molar-refractivity contribution is 0.0866. The van der Waals surface area contributed by atoms with E-state index in [1.165, 1.54) is 11.8 Å². The Labute approximate surface area is 199 Å². The van der Waals surface area contributed by atoms with Crippen molar-refractivity contribution in [1.82, 2.24) is 15.2 Å². The number of nitrogens with one attached hydrogen (secondary N) is 2. The van der Waals surface area contributed by atoms with E-state index < -0.39 is 0 Å². The molecule has 0 radical (unpaired) electrons. The zero-order chi connectivity index (χ0) is 23.2. The summed E-state index contributed by atoms with van der Waals surface area (Å²) in [6.07, 6.45) is 3.64. The van der Waals surface area contributed by atoms with Crippen LogP contribution in [0.25, 0.3) is 0 Å². The number of carbonyl (C=O) groups is 1. The minimum absolute atomic E-state index is 0.0522. The molecule has 1 amide bonds. The summed E-state index contributed by atoms with van der Waals surface area (Å²) in [7, 11) is 0. The summed E-state index contributed by atoms with van der Waals surface area (Å²) in [4.78, 5) is 19.8. The number of hydrogen-bond acceptors (Lipinski definition) is 7. The summed E-state index contributed by atoms with van der Waals surface area (Å²) >= 11 is 6.14. The quantitative estimate of drug-likeness (QED) is 0.536. The Bertz CT molecular complexity index is 971. The first-order chi connectivity index (χ1) is 16.0. The van der Waals surface area contributed by atoms with Gasteiger partial charge in [0, 0.05) is 31.9 Å². The fourth-order valence-electron chi connectivity index (χ4n) is 4.09. The van der Waals surface area contributed by atoms with Gasteiger partial charge < -0.3 is 24.8 Å². The van der Waals surface area contributed by atoms with Crippen molar-refractivity contribution < 1.29 is 19.0 Å². The molecular formula is C24H31ClN4O4. The van der Waals surface area contributed by atoms with E-state index in [1.807, 2.05) is 26.0 Å². The molecule has 1 saturated heterocycles. The van der Waals surface area contributed by atoms with E-state index in [-0.39, 0.29) is 24.8 Å². The van der Waals surface area contributed by atoms with Gasteiger partial charge in [0.1, 0.15) is 5.82 Å². The van der Waals surface area contributed by atoms with E-state index in [9.17, 15) is 4.79 Å². The number of carbonyl (C=O) groups excluding carboxylic acids is 1. The molecule has 178 valence electrons. The van der Waals surface area contributed by atoms with E-state index >= 15 is 0 Å². The van der Waals surface area contributed by atoms with Crippen LogP contribution < -0.4 is 20.1 Å². The molecular weight excluding hydrogens is 444 g/mol. The molecule has 9 heteroatoms. The number of nitrogens with zero attached hydrogens (tertiary/aromatic N) is 2. The van der Waals surface area contributed by atoms with Gasteiger partial charge in [0.2, 0.25) is 6.79 Å². The maximum Gasteiger partial charge on any atom is 0.255 e. The number of aromatic nitrogens is 1. The molecule has 1 unspecified atom stereocenters. The Kier molecular flexibility index (Phi) is 7.90. The highest BCUT2D eigenvalue weighted by atomic mass is 35.5. The lowest BCUT2D eigenvalue weighted by atomic mass is 10.0. The van der Waals surface area contributed by atoms with E-state index in [1.54, 1.807) is 6.07 Å². The van der Waals surface area contributed by atoms with Crippen molar-refractivity contribution in [1.29, 1.82) is 0 Å². The van der Waals surface area contributed by atoms with Crippen molar-refractivity contribution in [2.75, 3.05) is 38.4 Å². The number of pyridine rings is 1. The molecule has 0 saturated carbocycles. The highest BCUT2D eigenvalue weighted by molar-refractivity contribution is 6.31. The fourth-order valence-corrected chi connectivity index (χ4v) is 4.25. The van der Waals surface area contributed by atoms with Gasteiger partial charge in [0.25, 0.3) is 5.91 Å². The third-order valence-corrected chi connectivity index (χ3v) is 5.84. The summed E-state index contributed by atoms with van der Waals surface area (Å²) in [6, 6.07) is 7.75. The maximum atomic E-state index is 13.1. The number of rotatable bonds is 9. The van der Waals surface area contributed by atoms with E-state index in [2.05, 4.69) is 26.6 Å². The van der Waals surface area contributed by atoms with Crippen LogP contribution in [0.5, 0.6) is 11.5 Å². The van der Waals surface area contributed by atoms with Crippen molar-refractivity contribution >= 4 is 23.3 Å². The van der Waals surface area contributed by atoms with Gasteiger partial charge in [0.05, 0.1) is 23.3 Å². The average Bonchev–Trinajstić information content (AvgIpc) is 3.25. The molecule has 0 spiro atoms. The summed E-state index contributed by atoms with van der Waals surface area (Å²) in [5.74, 6) is 1.92. The Balaban J connectivity index is 1.34. The van der Waals surface area contributed by atoms with Crippen LogP contribution in [0.1, 0.15) is 42.6 Å². The standard InChI is InChI=1S/C24H31ClN4O4/c1-16(2)31-9-7-26-23-20(11-18(25)12-27-23)24(30)28-19-4-3-8-29(14-19)13-17-5-6-21-22(10-17)33-15-32-21/h5-6,10-12,16,19H,3-4,7-9,13-15H2,1-2H3,(H,26,27)(H,28,30). The topological polar surface area (TPSA) is 85.0 Å². The SMILES string of the molecule is CC(C)OCCNc1ncc(Cl)cc1C(=O)NC1CCCN(Cc2ccc3c(c2)OCO3)C1. The van der Waals surface area contributed by atoms with Crippen molar-refractivity contribution in [2.24, 2.45) is 0 Å². The molecule has 0 bridgehead atoms. The van der Waals surface area contributed by atoms with Gasteiger partial charge >= 0.3 is 0 Å². The van der Waals surface area contributed by atoms with Crippen LogP contribution in [0.3, 0.4) is 0 Å². The number of anilines is 1. The predicted molar refractivity (Wildman–Crippen MR) is 127 cm³/mol. The molecule has 2 aromatic rings. The number of benzene rings is 1. The Morgan fingerprint density at radius 3 is 3.00 bits per heavy atom. The molecule has 1 aromatic carbocycles. The number of piperidine rings is 1. The Morgan fingerprint density at radius 1 is 1.30 bits per heavy atom. The Morgan fingerprint density at radius 2 is 2.15 bits per heavy atom. The molecule has 2 aliphatic rings. The van der Waals surface area contributed by atoms with Crippen LogP contribution >= 0.6 is 11.6 Å². The summed E-state index contributed by atoms with van der Waals surface area (Å²) in [6.45, 7) is 7.89. The van der Waals surface area contributed by atoms with Gasteiger partial charge in [-0.05, 0) is 57.0 Å². The molecule has 2 N–H and O–H groups in total. The zero-order valence-electron chi connectivity index (χ0n) is 19.1. The fraction of sp³-hybridized carbons (Fsp3) is 0.500. The normalized spacial score (nSPS) is 17.9. The van der Waals surface area contributed by atoms with Gasteiger partial charge in [-0.1, -0.05) is 17.7 Å². The van der Waals surface area contributed by atoms with Crippen molar-refractivity contribution in [3.05, 3.63) is 46.6 Å². The molecule has 3 heterocycles. The first-order valence-corrected chi connectivity index (χ1v) is 11.8. The predicted octanol–water partition coefficient (Wildman–Crippen LogP) is 3.70. The number of amides is 1. The minimum atomic E-state index is -0.174. The van der Waals surface area contributed by atoms with Crippen LogP contribution in [0.4, 0.5) is 5.82 Å². The first kappa shape index (κ1) is 23.6. The average molecular weight is 475 g/mol. The number of halogens is 1. The van der Waals surface area contributed by atoms with Crippen LogP contribution in [0, 0.1) is 0 Å². The highest BCUT2D eigenvalue weighted by Gasteiger charge is 2.24. The second-order valence-corrected chi connectivity index (χ2v) is 9.07. The van der Waals surface area contributed by atoms with Crippen molar-refractivity contribution in [3.63, 3.8) is 0 Å². The maximum absolute atomic E-state index is 13.1.